The van der Waals surface area contributed by atoms with Gasteiger partial charge in [0, 0.05) is 18.8 Å². The molecule has 0 saturated carbocycles. The van der Waals surface area contributed by atoms with Gasteiger partial charge in [-0.05, 0) is 33.8 Å². The number of nitrogens with one attached hydrogen (secondary N) is 1. The van der Waals surface area contributed by atoms with E-state index in [0.29, 0.717) is 36.0 Å². The number of rotatable bonds is 5. The van der Waals surface area contributed by atoms with Gasteiger partial charge in [-0.3, -0.25) is 14.2 Å². The molecule has 2 aromatic heterocycles. The van der Waals surface area contributed by atoms with E-state index in [4.69, 9.17) is 11.6 Å². The normalized spacial score (nSPS) is 10.9. The molecule has 0 unspecified atom stereocenters. The summed E-state index contributed by atoms with van der Waals surface area (Å²) in [4.78, 5) is 12.3. The highest BCUT2D eigenvalue weighted by Gasteiger charge is 2.19. The smallest absolute Gasteiger partial charge is 0.271 e. The van der Waals surface area contributed by atoms with Gasteiger partial charge in [0.25, 0.3) is 5.91 Å². The average Bonchev–Trinajstić information content (AvgIpc) is 2.90. The van der Waals surface area contributed by atoms with Gasteiger partial charge in [-0.1, -0.05) is 11.6 Å². The van der Waals surface area contributed by atoms with Crippen molar-refractivity contribution in [2.75, 3.05) is 6.54 Å². The van der Waals surface area contributed by atoms with Gasteiger partial charge >= 0.3 is 0 Å². The largest absolute Gasteiger partial charge is 0.349 e. The zero-order chi connectivity index (χ0) is 15.6. The van der Waals surface area contributed by atoms with Gasteiger partial charge in [0.2, 0.25) is 0 Å². The molecule has 7 heteroatoms. The van der Waals surface area contributed by atoms with Gasteiger partial charge in [-0.25, -0.2) is 0 Å². The first-order chi connectivity index (χ1) is 9.93. The molecule has 2 aromatic rings. The SMILES string of the molecule is CCn1nc(C)c(Cl)c1C(=O)NCCn1nc(C)cc1C. The van der Waals surface area contributed by atoms with Crippen molar-refractivity contribution in [2.45, 2.75) is 40.8 Å². The standard InChI is InChI=1S/C14H20ClN5O/c1-5-19-13(12(15)11(4)18-19)14(21)16-6-7-20-10(3)8-9(2)17-20/h8H,5-7H2,1-4H3,(H,16,21). The van der Waals surface area contributed by atoms with Crippen LogP contribution in [0.25, 0.3) is 0 Å². The van der Waals surface area contributed by atoms with Crippen molar-refractivity contribution in [3.63, 3.8) is 0 Å². The Kier molecular flexibility index (Phi) is 4.67. The molecule has 0 aliphatic rings. The lowest BCUT2D eigenvalue weighted by atomic mass is 10.3. The van der Waals surface area contributed by atoms with Gasteiger partial charge in [-0.15, -0.1) is 0 Å². The fourth-order valence-corrected chi connectivity index (χ4v) is 2.49. The van der Waals surface area contributed by atoms with Gasteiger partial charge in [-0.2, -0.15) is 10.2 Å². The summed E-state index contributed by atoms with van der Waals surface area (Å²) in [5.41, 5.74) is 3.14. The third kappa shape index (κ3) is 3.26. The Morgan fingerprint density at radius 1 is 1.29 bits per heavy atom. The fourth-order valence-electron chi connectivity index (χ4n) is 2.27. The van der Waals surface area contributed by atoms with E-state index in [0.717, 1.165) is 11.4 Å². The fraction of sp³-hybridized carbons (Fsp3) is 0.500. The number of hydrogen-bond acceptors (Lipinski definition) is 3. The first-order valence-electron chi connectivity index (χ1n) is 6.96. The maximum atomic E-state index is 12.3. The Balaban J connectivity index is 2.01. The molecule has 114 valence electrons. The zero-order valence-electron chi connectivity index (χ0n) is 12.8. The lowest BCUT2D eigenvalue weighted by Gasteiger charge is -2.08. The molecule has 0 fully saturated rings. The molecular formula is C14H20ClN5O. The minimum absolute atomic E-state index is 0.205. The second-order valence-corrected chi connectivity index (χ2v) is 5.35. The molecule has 0 aliphatic carbocycles. The molecule has 1 N–H and O–H groups in total. The van der Waals surface area contributed by atoms with Crippen LogP contribution in [0.2, 0.25) is 5.02 Å². The molecule has 0 aliphatic heterocycles. The zero-order valence-corrected chi connectivity index (χ0v) is 13.5. The average molecular weight is 310 g/mol. The summed E-state index contributed by atoms with van der Waals surface area (Å²) in [5, 5.41) is 11.9. The van der Waals surface area contributed by atoms with Gasteiger partial charge in [0.15, 0.2) is 0 Å². The van der Waals surface area contributed by atoms with Gasteiger partial charge in [0.05, 0.1) is 23.0 Å². The van der Waals surface area contributed by atoms with E-state index >= 15 is 0 Å². The Morgan fingerprint density at radius 2 is 2.00 bits per heavy atom. The summed E-state index contributed by atoms with van der Waals surface area (Å²) in [6, 6.07) is 2.01. The highest BCUT2D eigenvalue weighted by atomic mass is 35.5. The third-order valence-electron chi connectivity index (χ3n) is 3.28. The first-order valence-corrected chi connectivity index (χ1v) is 7.34. The number of carbonyl (C=O) groups excluding carboxylic acids is 1. The number of aromatic nitrogens is 4. The maximum Gasteiger partial charge on any atom is 0.271 e. The van der Waals surface area contributed by atoms with Crippen LogP contribution in [0.5, 0.6) is 0 Å². The van der Waals surface area contributed by atoms with Crippen molar-refractivity contribution < 1.29 is 4.79 Å². The predicted octanol–water partition coefficient (Wildman–Crippen LogP) is 2.11. The van der Waals surface area contributed by atoms with Crippen LogP contribution >= 0.6 is 11.6 Å². The predicted molar refractivity (Wildman–Crippen MR) is 81.7 cm³/mol. The van der Waals surface area contributed by atoms with Crippen LogP contribution in [0, 0.1) is 20.8 Å². The quantitative estimate of drug-likeness (QED) is 0.920. The summed E-state index contributed by atoms with van der Waals surface area (Å²) < 4.78 is 3.50. The Hall–Kier alpha value is -1.82. The minimum atomic E-state index is -0.205. The monoisotopic (exact) mass is 309 g/mol. The molecule has 0 radical (unpaired) electrons. The summed E-state index contributed by atoms with van der Waals surface area (Å²) in [5.74, 6) is -0.205. The van der Waals surface area contributed by atoms with Crippen LogP contribution < -0.4 is 5.32 Å². The summed E-state index contributed by atoms with van der Waals surface area (Å²) in [7, 11) is 0. The molecular weight excluding hydrogens is 290 g/mol. The van der Waals surface area contributed by atoms with E-state index in [9.17, 15) is 4.79 Å². The Bertz CT molecular complexity index is 659. The number of hydrogen-bond donors (Lipinski definition) is 1. The molecule has 2 rings (SSSR count). The number of nitrogens with zero attached hydrogens (tertiary/aromatic N) is 4. The van der Waals surface area contributed by atoms with Gasteiger partial charge < -0.3 is 5.32 Å². The van der Waals surface area contributed by atoms with Crippen molar-refractivity contribution in [2.24, 2.45) is 0 Å². The van der Waals surface area contributed by atoms with Gasteiger partial charge in [0.1, 0.15) is 5.69 Å². The topological polar surface area (TPSA) is 64.7 Å². The van der Waals surface area contributed by atoms with E-state index in [-0.39, 0.29) is 5.91 Å². The molecule has 2 heterocycles. The molecule has 21 heavy (non-hydrogen) atoms. The Morgan fingerprint density at radius 3 is 2.57 bits per heavy atom. The number of carbonyl (C=O) groups is 1. The second kappa shape index (κ2) is 6.30. The van der Waals surface area contributed by atoms with Crippen LogP contribution in [0.4, 0.5) is 0 Å². The van der Waals surface area contributed by atoms with Crippen LogP contribution in [0.1, 0.15) is 34.5 Å². The van der Waals surface area contributed by atoms with E-state index in [2.05, 4.69) is 15.5 Å². The van der Waals surface area contributed by atoms with Crippen molar-refractivity contribution >= 4 is 17.5 Å². The number of halogens is 1. The molecule has 1 amide bonds. The number of amides is 1. The van der Waals surface area contributed by atoms with Crippen LogP contribution in [0.15, 0.2) is 6.07 Å². The maximum absolute atomic E-state index is 12.3. The highest BCUT2D eigenvalue weighted by molar-refractivity contribution is 6.34. The minimum Gasteiger partial charge on any atom is -0.349 e. The lowest BCUT2D eigenvalue weighted by molar-refractivity contribution is 0.0941. The molecule has 6 nitrogen and oxygen atoms in total. The molecule has 0 bridgehead atoms. The second-order valence-electron chi connectivity index (χ2n) is 4.97. The van der Waals surface area contributed by atoms with Crippen molar-refractivity contribution in [3.05, 3.63) is 33.9 Å². The lowest BCUT2D eigenvalue weighted by Crippen LogP contribution is -2.30. The molecule has 0 aromatic carbocycles. The number of aryl methyl sites for hydroxylation is 4. The first kappa shape index (κ1) is 15.6. The summed E-state index contributed by atoms with van der Waals surface area (Å²) in [6.07, 6.45) is 0. The van der Waals surface area contributed by atoms with Crippen molar-refractivity contribution in [1.82, 2.24) is 24.9 Å². The third-order valence-corrected chi connectivity index (χ3v) is 3.73. The summed E-state index contributed by atoms with van der Waals surface area (Å²) in [6.45, 7) is 9.39. The Labute approximate surface area is 129 Å². The van der Waals surface area contributed by atoms with Crippen molar-refractivity contribution in [1.29, 1.82) is 0 Å². The molecule has 0 saturated heterocycles. The van der Waals surface area contributed by atoms with Crippen LogP contribution in [0.3, 0.4) is 0 Å². The molecule has 0 atom stereocenters. The van der Waals surface area contributed by atoms with E-state index in [1.165, 1.54) is 0 Å². The molecule has 0 spiro atoms. The van der Waals surface area contributed by atoms with E-state index < -0.39 is 0 Å². The summed E-state index contributed by atoms with van der Waals surface area (Å²) >= 11 is 6.15. The van der Waals surface area contributed by atoms with Crippen molar-refractivity contribution in [3.8, 4) is 0 Å². The van der Waals surface area contributed by atoms with E-state index in [1.807, 2.05) is 31.5 Å². The van der Waals surface area contributed by atoms with Crippen LogP contribution in [-0.4, -0.2) is 32.0 Å². The highest BCUT2D eigenvalue weighted by Crippen LogP contribution is 2.19. The van der Waals surface area contributed by atoms with E-state index in [1.54, 1.807) is 11.6 Å². The van der Waals surface area contributed by atoms with Crippen LogP contribution in [-0.2, 0) is 13.1 Å².